The summed E-state index contributed by atoms with van der Waals surface area (Å²) in [5.74, 6) is -2.70. The van der Waals surface area contributed by atoms with Gasteiger partial charge < -0.3 is 0 Å². The van der Waals surface area contributed by atoms with E-state index in [2.05, 4.69) is 25.3 Å². The summed E-state index contributed by atoms with van der Waals surface area (Å²) in [5.41, 5.74) is 2.43. The standard InChI is InChI=1S/C34H47F3O2S2/c1-3-5-7-9-11-13-15-17-19-25-27-21-22-40-32(27)26(20-18-16-14-12-10-8-6-4-2)28-23-30(41-33(25)28)29(38)24-31(39)34(35,36)37/h21-23H,3-20,24H2,1-2H3. The molecule has 2 aromatic heterocycles. The van der Waals surface area contributed by atoms with Crippen LogP contribution in [0.2, 0.25) is 0 Å². The molecule has 2 nitrogen and oxygen atoms in total. The van der Waals surface area contributed by atoms with Crippen molar-refractivity contribution in [2.75, 3.05) is 0 Å². The first-order valence-corrected chi connectivity index (χ1v) is 17.5. The maximum Gasteiger partial charge on any atom is 0.450 e. The van der Waals surface area contributed by atoms with Crippen LogP contribution in [0.15, 0.2) is 17.5 Å². The SMILES string of the molecule is CCCCCCCCCCc1c2cc(C(=O)CC(=O)C(F)(F)F)sc2c(CCCCCCCCCC)c2ccsc12. The lowest BCUT2D eigenvalue weighted by Gasteiger charge is -2.12. The predicted octanol–water partition coefficient (Wildman–Crippen LogP) is 12.2. The molecule has 2 heterocycles. The average Bonchev–Trinajstić information content (AvgIpc) is 3.60. The monoisotopic (exact) mass is 608 g/mol. The van der Waals surface area contributed by atoms with Gasteiger partial charge in [0.05, 0.1) is 11.3 Å². The lowest BCUT2D eigenvalue weighted by Crippen LogP contribution is -2.25. The van der Waals surface area contributed by atoms with Crippen molar-refractivity contribution < 1.29 is 22.8 Å². The molecule has 41 heavy (non-hydrogen) atoms. The summed E-state index contributed by atoms with van der Waals surface area (Å²) in [6, 6.07) is 3.95. The summed E-state index contributed by atoms with van der Waals surface area (Å²) in [4.78, 5) is 24.7. The van der Waals surface area contributed by atoms with Crippen LogP contribution >= 0.6 is 22.7 Å². The Morgan fingerprint density at radius 2 is 1.17 bits per heavy atom. The molecule has 0 bridgehead atoms. The number of carbonyl (C=O) groups excluding carboxylic acids is 2. The van der Waals surface area contributed by atoms with E-state index in [0.29, 0.717) is 0 Å². The van der Waals surface area contributed by atoms with Gasteiger partial charge >= 0.3 is 6.18 Å². The predicted molar refractivity (Wildman–Crippen MR) is 170 cm³/mol. The van der Waals surface area contributed by atoms with Crippen molar-refractivity contribution in [3.8, 4) is 0 Å². The molecule has 0 spiro atoms. The number of hydrogen-bond donors (Lipinski definition) is 0. The number of benzene rings is 1. The molecule has 228 valence electrons. The molecule has 1 aromatic carbocycles. The summed E-state index contributed by atoms with van der Waals surface area (Å²) >= 11 is 3.01. The number of fused-ring (bicyclic) bond motifs is 2. The van der Waals surface area contributed by atoms with Crippen molar-refractivity contribution in [2.24, 2.45) is 0 Å². The lowest BCUT2D eigenvalue weighted by molar-refractivity contribution is -0.170. The van der Waals surface area contributed by atoms with Crippen LogP contribution in [-0.2, 0) is 17.6 Å². The first kappa shape index (κ1) is 33.8. The van der Waals surface area contributed by atoms with Gasteiger partial charge in [-0.15, -0.1) is 22.7 Å². The molecule has 7 heteroatoms. The zero-order valence-corrected chi connectivity index (χ0v) is 26.6. The number of rotatable bonds is 21. The number of thiophene rings is 2. The van der Waals surface area contributed by atoms with Crippen molar-refractivity contribution in [1.29, 1.82) is 0 Å². The molecule has 0 amide bonds. The van der Waals surface area contributed by atoms with Crippen molar-refractivity contribution in [1.82, 2.24) is 0 Å². The summed E-state index contributed by atoms with van der Waals surface area (Å²) in [6.45, 7) is 4.45. The molecule has 3 aromatic rings. The highest BCUT2D eigenvalue weighted by atomic mass is 32.1. The van der Waals surface area contributed by atoms with E-state index < -0.39 is 24.2 Å². The fourth-order valence-electron chi connectivity index (χ4n) is 5.70. The van der Waals surface area contributed by atoms with E-state index in [1.807, 2.05) is 0 Å². The molecular weight excluding hydrogens is 562 g/mol. The number of halogens is 3. The van der Waals surface area contributed by atoms with Gasteiger partial charge in [0.15, 0.2) is 5.78 Å². The summed E-state index contributed by atoms with van der Waals surface area (Å²) in [5, 5.41) is 4.37. The second-order valence-electron chi connectivity index (χ2n) is 11.4. The zero-order chi connectivity index (χ0) is 29.7. The Morgan fingerprint density at radius 3 is 1.68 bits per heavy atom. The first-order chi connectivity index (χ1) is 19.8. The van der Waals surface area contributed by atoms with Crippen LogP contribution in [0.25, 0.3) is 20.2 Å². The molecule has 0 fully saturated rings. The Morgan fingerprint density at radius 1 is 0.683 bits per heavy atom. The van der Waals surface area contributed by atoms with Gasteiger partial charge in [0, 0.05) is 9.40 Å². The Balaban J connectivity index is 1.80. The van der Waals surface area contributed by atoms with E-state index in [1.54, 1.807) is 17.4 Å². The minimum atomic E-state index is -4.99. The molecule has 0 N–H and O–H groups in total. The Kier molecular flexibility index (Phi) is 14.3. The highest BCUT2D eigenvalue weighted by molar-refractivity contribution is 7.21. The Hall–Kier alpha value is -1.73. The number of aryl methyl sites for hydroxylation is 2. The summed E-state index contributed by atoms with van der Waals surface area (Å²) in [7, 11) is 0. The molecule has 0 saturated carbocycles. The molecule has 0 aliphatic heterocycles. The van der Waals surface area contributed by atoms with E-state index in [4.69, 9.17) is 0 Å². The third-order valence-electron chi connectivity index (χ3n) is 8.07. The normalized spacial score (nSPS) is 12.1. The van der Waals surface area contributed by atoms with Crippen molar-refractivity contribution in [3.05, 3.63) is 33.5 Å². The first-order valence-electron chi connectivity index (χ1n) is 15.9. The molecular formula is C34H47F3O2S2. The molecule has 0 atom stereocenters. The second kappa shape index (κ2) is 17.4. The molecule has 3 rings (SSSR count). The highest BCUT2D eigenvalue weighted by Crippen LogP contribution is 2.42. The highest BCUT2D eigenvalue weighted by Gasteiger charge is 2.39. The van der Waals surface area contributed by atoms with Crippen LogP contribution in [-0.4, -0.2) is 17.7 Å². The smallest absolute Gasteiger partial charge is 0.293 e. The fraction of sp³-hybridized carbons (Fsp3) is 0.647. The van der Waals surface area contributed by atoms with Crippen molar-refractivity contribution >= 4 is 54.4 Å². The number of Topliss-reactive ketones (excluding diaryl/α,β-unsaturated/α-hetero) is 2. The molecule has 0 aliphatic rings. The molecule has 0 saturated heterocycles. The molecule has 0 unspecified atom stereocenters. The van der Waals surface area contributed by atoms with Gasteiger partial charge in [-0.1, -0.05) is 104 Å². The number of hydrogen-bond acceptors (Lipinski definition) is 4. The number of alkyl halides is 3. The van der Waals surface area contributed by atoms with Crippen LogP contribution in [0.4, 0.5) is 13.2 Å². The fourth-order valence-corrected chi connectivity index (χ4v) is 7.93. The molecule has 0 aliphatic carbocycles. The van der Waals surface area contributed by atoms with E-state index in [-0.39, 0.29) is 4.88 Å². The average molecular weight is 609 g/mol. The van der Waals surface area contributed by atoms with Crippen LogP contribution in [0.1, 0.15) is 144 Å². The van der Waals surface area contributed by atoms with Crippen molar-refractivity contribution in [2.45, 2.75) is 142 Å². The van der Waals surface area contributed by atoms with Gasteiger partial charge in [0.25, 0.3) is 0 Å². The maximum absolute atomic E-state index is 12.9. The van der Waals surface area contributed by atoms with E-state index >= 15 is 0 Å². The van der Waals surface area contributed by atoms with Gasteiger partial charge in [-0.3, -0.25) is 9.59 Å². The van der Waals surface area contributed by atoms with Gasteiger partial charge in [0.1, 0.15) is 0 Å². The lowest BCUT2D eigenvalue weighted by atomic mass is 9.94. The number of ketones is 2. The second-order valence-corrected chi connectivity index (χ2v) is 13.4. The van der Waals surface area contributed by atoms with Crippen LogP contribution in [0.3, 0.4) is 0 Å². The Labute approximate surface area is 252 Å². The quantitative estimate of drug-likeness (QED) is 0.0685. The summed E-state index contributed by atoms with van der Waals surface area (Å²) < 4.78 is 40.9. The topological polar surface area (TPSA) is 34.1 Å². The third-order valence-corrected chi connectivity index (χ3v) is 10.3. The van der Waals surface area contributed by atoms with Gasteiger partial charge in [-0.05, 0) is 65.1 Å². The molecule has 0 radical (unpaired) electrons. The van der Waals surface area contributed by atoms with E-state index in [0.717, 1.165) is 48.6 Å². The van der Waals surface area contributed by atoms with Gasteiger partial charge in [-0.2, -0.15) is 13.2 Å². The maximum atomic E-state index is 12.9. The van der Waals surface area contributed by atoms with Crippen molar-refractivity contribution in [3.63, 3.8) is 0 Å². The van der Waals surface area contributed by atoms with Gasteiger partial charge in [0.2, 0.25) is 5.78 Å². The number of carbonyl (C=O) groups is 2. The van der Waals surface area contributed by atoms with E-state index in [1.165, 1.54) is 110 Å². The summed E-state index contributed by atoms with van der Waals surface area (Å²) in [6.07, 6.45) is 15.3. The van der Waals surface area contributed by atoms with Crippen LogP contribution < -0.4 is 0 Å². The van der Waals surface area contributed by atoms with Gasteiger partial charge in [-0.25, -0.2) is 0 Å². The number of unbranched alkanes of at least 4 members (excludes halogenated alkanes) is 14. The van der Waals surface area contributed by atoms with Crippen LogP contribution in [0, 0.1) is 0 Å². The Bertz CT molecular complexity index is 1170. The third kappa shape index (κ3) is 10.2. The van der Waals surface area contributed by atoms with E-state index in [9.17, 15) is 22.8 Å². The largest absolute Gasteiger partial charge is 0.450 e. The van der Waals surface area contributed by atoms with Crippen LogP contribution in [0.5, 0.6) is 0 Å². The minimum Gasteiger partial charge on any atom is -0.293 e. The minimum absolute atomic E-state index is 0.268. The zero-order valence-electron chi connectivity index (χ0n) is 24.9.